The highest BCUT2D eigenvalue weighted by Gasteiger charge is 2.11. The number of hydrogen-bond donors (Lipinski definition) is 2. The second-order valence-corrected chi connectivity index (χ2v) is 2.91. The molecule has 0 heterocycles. The van der Waals surface area contributed by atoms with Crippen LogP contribution in [0, 0.1) is 11.6 Å². The third-order valence-electron chi connectivity index (χ3n) is 1.70. The Balaban J connectivity index is 2.51. The molecule has 0 fully saturated rings. The minimum atomic E-state index is -0.866. The molecule has 1 amide bonds. The van der Waals surface area contributed by atoms with E-state index in [0.717, 1.165) is 12.1 Å². The van der Waals surface area contributed by atoms with Crippen LogP contribution in [0.4, 0.5) is 8.78 Å². The van der Waals surface area contributed by atoms with Crippen molar-refractivity contribution in [3.8, 4) is 5.75 Å². The van der Waals surface area contributed by atoms with Gasteiger partial charge in [0.15, 0.2) is 24.0 Å². The quantitative estimate of drug-likeness (QED) is 0.773. The van der Waals surface area contributed by atoms with Gasteiger partial charge in [-0.05, 0) is 12.1 Å². The summed E-state index contributed by atoms with van der Waals surface area (Å²) in [5, 5.41) is 10.7. The van der Waals surface area contributed by atoms with Gasteiger partial charge in [0.1, 0.15) is 0 Å². The van der Waals surface area contributed by atoms with Crippen molar-refractivity contribution in [2.24, 2.45) is 0 Å². The van der Waals surface area contributed by atoms with Crippen LogP contribution in [0.25, 0.3) is 0 Å². The molecule has 0 unspecified atom stereocenters. The maximum Gasteiger partial charge on any atom is 0.258 e. The molecule has 1 aromatic rings. The number of para-hydroxylation sites is 1. The van der Waals surface area contributed by atoms with Gasteiger partial charge in [0.25, 0.3) is 5.91 Å². The Morgan fingerprint density at radius 1 is 1.38 bits per heavy atom. The lowest BCUT2D eigenvalue weighted by Crippen LogP contribution is -2.31. The number of rotatable bonds is 5. The van der Waals surface area contributed by atoms with Crippen LogP contribution in [0.15, 0.2) is 18.2 Å². The molecule has 4 nitrogen and oxygen atoms in total. The van der Waals surface area contributed by atoms with Crippen molar-refractivity contribution in [3.63, 3.8) is 0 Å². The molecule has 16 heavy (non-hydrogen) atoms. The van der Waals surface area contributed by atoms with Crippen molar-refractivity contribution in [1.29, 1.82) is 0 Å². The zero-order chi connectivity index (χ0) is 12.0. The van der Waals surface area contributed by atoms with E-state index in [-0.39, 0.29) is 13.2 Å². The summed E-state index contributed by atoms with van der Waals surface area (Å²) in [6.45, 7) is -0.639. The van der Waals surface area contributed by atoms with E-state index in [1.165, 1.54) is 6.07 Å². The topological polar surface area (TPSA) is 58.6 Å². The lowest BCUT2D eigenvalue weighted by Gasteiger charge is -2.07. The fraction of sp³-hybridized carbons (Fsp3) is 0.300. The van der Waals surface area contributed by atoms with Gasteiger partial charge in [0.05, 0.1) is 6.61 Å². The fourth-order valence-electron chi connectivity index (χ4n) is 1.00. The van der Waals surface area contributed by atoms with E-state index >= 15 is 0 Å². The summed E-state index contributed by atoms with van der Waals surface area (Å²) in [6.07, 6.45) is 0. The zero-order valence-corrected chi connectivity index (χ0v) is 8.37. The predicted molar refractivity (Wildman–Crippen MR) is 51.9 cm³/mol. The van der Waals surface area contributed by atoms with Crippen molar-refractivity contribution in [1.82, 2.24) is 5.32 Å². The lowest BCUT2D eigenvalue weighted by molar-refractivity contribution is -0.123. The second-order valence-electron chi connectivity index (χ2n) is 2.91. The van der Waals surface area contributed by atoms with Gasteiger partial charge in [-0.25, -0.2) is 8.78 Å². The van der Waals surface area contributed by atoms with Crippen molar-refractivity contribution in [2.45, 2.75) is 0 Å². The van der Waals surface area contributed by atoms with Gasteiger partial charge in [0.2, 0.25) is 0 Å². The number of nitrogens with one attached hydrogen (secondary N) is 1. The van der Waals surface area contributed by atoms with Crippen molar-refractivity contribution in [2.75, 3.05) is 19.8 Å². The standard InChI is InChI=1S/C10H11F2NO3/c11-7-2-1-3-8(12)10(7)16-6-9(15)13-4-5-14/h1-3,14H,4-6H2,(H,13,15). The molecule has 0 aliphatic rings. The number of benzene rings is 1. The van der Waals surface area contributed by atoms with Crippen LogP contribution in [-0.4, -0.2) is 30.8 Å². The Labute approximate surface area is 90.8 Å². The molecular formula is C10H11F2NO3. The molecule has 1 aromatic carbocycles. The van der Waals surface area contributed by atoms with E-state index in [4.69, 9.17) is 5.11 Å². The van der Waals surface area contributed by atoms with Crippen LogP contribution in [-0.2, 0) is 4.79 Å². The number of aliphatic hydroxyl groups excluding tert-OH is 1. The molecule has 0 radical (unpaired) electrons. The molecule has 2 N–H and O–H groups in total. The van der Waals surface area contributed by atoms with Gasteiger partial charge < -0.3 is 15.2 Å². The van der Waals surface area contributed by atoms with E-state index < -0.39 is 29.9 Å². The van der Waals surface area contributed by atoms with Crippen LogP contribution in [0.1, 0.15) is 0 Å². The summed E-state index contributed by atoms with van der Waals surface area (Å²) in [6, 6.07) is 3.26. The Morgan fingerprint density at radius 2 is 2.00 bits per heavy atom. The predicted octanol–water partition coefficient (Wildman–Crippen LogP) is 0.452. The number of carbonyl (C=O) groups is 1. The summed E-state index contributed by atoms with van der Waals surface area (Å²) < 4.78 is 30.7. The summed E-state index contributed by atoms with van der Waals surface area (Å²) >= 11 is 0. The molecule has 6 heteroatoms. The second kappa shape index (κ2) is 6.02. The highest BCUT2D eigenvalue weighted by molar-refractivity contribution is 5.77. The number of ether oxygens (including phenoxy) is 1. The smallest absolute Gasteiger partial charge is 0.258 e. The molecule has 0 atom stereocenters. The average Bonchev–Trinajstić information content (AvgIpc) is 2.25. The third kappa shape index (κ3) is 3.47. The first-order valence-electron chi connectivity index (χ1n) is 4.59. The molecule has 0 saturated carbocycles. The van der Waals surface area contributed by atoms with Gasteiger partial charge in [-0.15, -0.1) is 0 Å². The van der Waals surface area contributed by atoms with Gasteiger partial charge >= 0.3 is 0 Å². The van der Waals surface area contributed by atoms with Crippen molar-refractivity contribution >= 4 is 5.91 Å². The van der Waals surface area contributed by atoms with Crippen LogP contribution in [0.2, 0.25) is 0 Å². The number of hydrogen-bond acceptors (Lipinski definition) is 3. The van der Waals surface area contributed by atoms with Crippen LogP contribution in [0.5, 0.6) is 5.75 Å². The van der Waals surface area contributed by atoms with Crippen LogP contribution < -0.4 is 10.1 Å². The summed E-state index contributed by atoms with van der Waals surface area (Å²) in [5.41, 5.74) is 0. The highest BCUT2D eigenvalue weighted by Crippen LogP contribution is 2.20. The largest absolute Gasteiger partial charge is 0.478 e. The monoisotopic (exact) mass is 231 g/mol. The van der Waals surface area contributed by atoms with E-state index in [1.807, 2.05) is 0 Å². The van der Waals surface area contributed by atoms with Gasteiger partial charge in [-0.1, -0.05) is 6.07 Å². The molecular weight excluding hydrogens is 220 g/mol. The molecule has 0 aliphatic heterocycles. The van der Waals surface area contributed by atoms with E-state index in [0.29, 0.717) is 0 Å². The number of aliphatic hydroxyl groups is 1. The first-order valence-corrected chi connectivity index (χ1v) is 4.59. The molecule has 1 rings (SSSR count). The van der Waals surface area contributed by atoms with Crippen molar-refractivity contribution < 1.29 is 23.4 Å². The van der Waals surface area contributed by atoms with E-state index in [9.17, 15) is 13.6 Å². The number of halogens is 2. The SMILES string of the molecule is O=C(COc1c(F)cccc1F)NCCO. The first-order chi connectivity index (χ1) is 7.65. The minimum absolute atomic E-state index is 0.0714. The molecule has 0 saturated heterocycles. The Morgan fingerprint density at radius 3 is 2.56 bits per heavy atom. The lowest BCUT2D eigenvalue weighted by atomic mass is 10.3. The number of amides is 1. The molecule has 0 aromatic heterocycles. The summed E-state index contributed by atoms with van der Waals surface area (Å²) in [5.74, 6) is -2.87. The first kappa shape index (κ1) is 12.4. The highest BCUT2D eigenvalue weighted by atomic mass is 19.1. The summed E-state index contributed by atoms with van der Waals surface area (Å²) in [7, 11) is 0. The molecule has 0 bridgehead atoms. The molecule has 0 aliphatic carbocycles. The maximum absolute atomic E-state index is 13.0. The normalized spacial score (nSPS) is 9.94. The maximum atomic E-state index is 13.0. The Kier molecular flexibility index (Phi) is 4.65. The molecule has 88 valence electrons. The van der Waals surface area contributed by atoms with Crippen LogP contribution in [0.3, 0.4) is 0 Å². The van der Waals surface area contributed by atoms with Gasteiger partial charge in [0, 0.05) is 6.54 Å². The van der Waals surface area contributed by atoms with Crippen LogP contribution >= 0.6 is 0 Å². The average molecular weight is 231 g/mol. The Hall–Kier alpha value is -1.69. The molecule has 0 spiro atoms. The third-order valence-corrected chi connectivity index (χ3v) is 1.70. The van der Waals surface area contributed by atoms with E-state index in [2.05, 4.69) is 10.1 Å². The summed E-state index contributed by atoms with van der Waals surface area (Å²) in [4.78, 5) is 11.0. The zero-order valence-electron chi connectivity index (χ0n) is 8.37. The van der Waals surface area contributed by atoms with Gasteiger partial charge in [-0.2, -0.15) is 0 Å². The van der Waals surface area contributed by atoms with Gasteiger partial charge in [-0.3, -0.25) is 4.79 Å². The van der Waals surface area contributed by atoms with Crippen molar-refractivity contribution in [3.05, 3.63) is 29.8 Å². The Bertz CT molecular complexity index is 351. The minimum Gasteiger partial charge on any atom is -0.478 e. The number of carbonyl (C=O) groups excluding carboxylic acids is 1. The fourth-order valence-corrected chi connectivity index (χ4v) is 1.00. The van der Waals surface area contributed by atoms with E-state index in [1.54, 1.807) is 0 Å².